The molecule has 82 valence electrons. The average molecular weight is 209 g/mol. The molecule has 0 spiro atoms. The van der Waals surface area contributed by atoms with Crippen LogP contribution in [-0.4, -0.2) is 24.2 Å². The topological polar surface area (TPSA) is 58.6 Å². The first kappa shape index (κ1) is 11.5. The molecule has 1 aromatic carbocycles. The molecule has 0 aliphatic heterocycles. The number of carbonyl (C=O) groups excluding carboxylic acids is 1. The Labute approximate surface area is 88.9 Å². The molecule has 4 heteroatoms. The van der Waals surface area contributed by atoms with Crippen LogP contribution in [0.3, 0.4) is 0 Å². The van der Waals surface area contributed by atoms with Crippen LogP contribution in [0.25, 0.3) is 0 Å². The third kappa shape index (κ3) is 3.25. The molecule has 0 bridgehead atoms. The van der Waals surface area contributed by atoms with Gasteiger partial charge in [0.15, 0.2) is 0 Å². The van der Waals surface area contributed by atoms with Crippen molar-refractivity contribution in [1.29, 1.82) is 0 Å². The fourth-order valence-corrected chi connectivity index (χ4v) is 1.18. The highest BCUT2D eigenvalue weighted by molar-refractivity contribution is 5.79. The third-order valence-electron chi connectivity index (χ3n) is 2.03. The van der Waals surface area contributed by atoms with Gasteiger partial charge in [0.1, 0.15) is 11.9 Å². The summed E-state index contributed by atoms with van der Waals surface area (Å²) in [7, 11) is 1.58. The summed E-state index contributed by atoms with van der Waals surface area (Å²) in [5, 5.41) is 11.6. The molecule has 0 fully saturated rings. The maximum Gasteiger partial charge on any atom is 0.248 e. The minimum absolute atomic E-state index is 0.355. The summed E-state index contributed by atoms with van der Waals surface area (Å²) in [4.78, 5) is 11.1. The highest BCUT2D eigenvalue weighted by Gasteiger charge is 2.08. The zero-order chi connectivity index (χ0) is 11.3. The number of ether oxygens (including phenoxy) is 1. The van der Waals surface area contributed by atoms with Gasteiger partial charge in [0.25, 0.3) is 0 Å². The summed E-state index contributed by atoms with van der Waals surface area (Å²) >= 11 is 0. The van der Waals surface area contributed by atoms with Gasteiger partial charge in [-0.3, -0.25) is 4.79 Å². The molecule has 0 radical (unpaired) electrons. The highest BCUT2D eigenvalue weighted by atomic mass is 16.5. The van der Waals surface area contributed by atoms with Crippen LogP contribution in [-0.2, 0) is 11.3 Å². The van der Waals surface area contributed by atoms with Crippen molar-refractivity contribution < 1.29 is 14.6 Å². The summed E-state index contributed by atoms with van der Waals surface area (Å²) in [5.41, 5.74) is 0.883. The Morgan fingerprint density at radius 1 is 1.53 bits per heavy atom. The first-order valence-corrected chi connectivity index (χ1v) is 4.73. The van der Waals surface area contributed by atoms with E-state index in [0.29, 0.717) is 6.54 Å². The van der Waals surface area contributed by atoms with E-state index in [1.807, 2.05) is 24.3 Å². The van der Waals surface area contributed by atoms with Crippen molar-refractivity contribution in [2.45, 2.75) is 19.6 Å². The van der Waals surface area contributed by atoms with Crippen LogP contribution < -0.4 is 10.1 Å². The third-order valence-corrected chi connectivity index (χ3v) is 2.03. The minimum atomic E-state index is -0.986. The van der Waals surface area contributed by atoms with Crippen molar-refractivity contribution >= 4 is 5.91 Å². The van der Waals surface area contributed by atoms with Crippen molar-refractivity contribution in [3.8, 4) is 5.75 Å². The van der Waals surface area contributed by atoms with E-state index in [1.54, 1.807) is 7.11 Å². The number of hydrogen-bond donors (Lipinski definition) is 2. The molecule has 4 nitrogen and oxygen atoms in total. The molecule has 2 N–H and O–H groups in total. The molecule has 0 aromatic heterocycles. The van der Waals surface area contributed by atoms with Crippen LogP contribution >= 0.6 is 0 Å². The van der Waals surface area contributed by atoms with Crippen LogP contribution in [0.1, 0.15) is 12.5 Å². The molecule has 1 amide bonds. The van der Waals surface area contributed by atoms with E-state index in [9.17, 15) is 4.79 Å². The van der Waals surface area contributed by atoms with Gasteiger partial charge < -0.3 is 15.2 Å². The molecule has 0 aliphatic carbocycles. The molecule has 0 saturated heterocycles. The Morgan fingerprint density at radius 3 is 2.80 bits per heavy atom. The lowest BCUT2D eigenvalue weighted by Gasteiger charge is -2.10. The van der Waals surface area contributed by atoms with Crippen LogP contribution in [0.5, 0.6) is 5.75 Å². The minimum Gasteiger partial charge on any atom is -0.496 e. The van der Waals surface area contributed by atoms with Crippen molar-refractivity contribution in [3.05, 3.63) is 29.8 Å². The number of hydrogen-bond acceptors (Lipinski definition) is 3. The number of nitrogens with one attached hydrogen (secondary N) is 1. The molecule has 1 atom stereocenters. The first-order valence-electron chi connectivity index (χ1n) is 4.73. The van der Waals surface area contributed by atoms with Gasteiger partial charge in [-0.15, -0.1) is 0 Å². The van der Waals surface area contributed by atoms with E-state index in [4.69, 9.17) is 9.84 Å². The Bertz CT molecular complexity index is 336. The number of carbonyl (C=O) groups is 1. The Kier molecular flexibility index (Phi) is 4.12. The number of rotatable bonds is 4. The molecule has 1 unspecified atom stereocenters. The lowest BCUT2D eigenvalue weighted by Crippen LogP contribution is -2.32. The van der Waals surface area contributed by atoms with E-state index < -0.39 is 6.10 Å². The average Bonchev–Trinajstić information content (AvgIpc) is 2.26. The number of methoxy groups -OCH3 is 1. The Morgan fingerprint density at radius 2 is 2.20 bits per heavy atom. The largest absolute Gasteiger partial charge is 0.496 e. The van der Waals surface area contributed by atoms with Gasteiger partial charge in [-0.1, -0.05) is 18.2 Å². The number of para-hydroxylation sites is 1. The van der Waals surface area contributed by atoms with Crippen molar-refractivity contribution in [1.82, 2.24) is 5.32 Å². The molecule has 1 rings (SSSR count). The number of aliphatic hydroxyl groups excluding tert-OH is 1. The second kappa shape index (κ2) is 5.36. The maximum atomic E-state index is 11.1. The smallest absolute Gasteiger partial charge is 0.248 e. The standard InChI is InChI=1S/C11H15NO3/c1-8(13)11(14)12-7-9-5-3-4-6-10(9)15-2/h3-6,8,13H,7H2,1-2H3,(H,12,14). The van der Waals surface area contributed by atoms with Gasteiger partial charge >= 0.3 is 0 Å². The predicted molar refractivity (Wildman–Crippen MR) is 56.5 cm³/mol. The Balaban J connectivity index is 2.61. The van der Waals surface area contributed by atoms with Crippen molar-refractivity contribution in [2.75, 3.05) is 7.11 Å². The summed E-state index contributed by atoms with van der Waals surface area (Å²) < 4.78 is 5.12. The van der Waals surface area contributed by atoms with Gasteiger partial charge in [0, 0.05) is 12.1 Å². The SMILES string of the molecule is COc1ccccc1CNC(=O)C(C)O. The summed E-state index contributed by atoms with van der Waals surface area (Å²) in [5.74, 6) is 0.337. The predicted octanol–water partition coefficient (Wildman–Crippen LogP) is 0.692. The molecule has 0 heterocycles. The fraction of sp³-hybridized carbons (Fsp3) is 0.364. The zero-order valence-corrected chi connectivity index (χ0v) is 8.86. The maximum absolute atomic E-state index is 11.1. The van der Waals surface area contributed by atoms with Gasteiger partial charge in [-0.25, -0.2) is 0 Å². The van der Waals surface area contributed by atoms with Crippen LogP contribution in [0.15, 0.2) is 24.3 Å². The fourth-order valence-electron chi connectivity index (χ4n) is 1.18. The highest BCUT2D eigenvalue weighted by Crippen LogP contribution is 2.16. The van der Waals surface area contributed by atoms with Crippen LogP contribution in [0.4, 0.5) is 0 Å². The molecule has 1 aromatic rings. The summed E-state index contributed by atoms with van der Waals surface area (Å²) in [6.45, 7) is 1.78. The summed E-state index contributed by atoms with van der Waals surface area (Å²) in [6.07, 6.45) is -0.986. The quantitative estimate of drug-likeness (QED) is 0.767. The monoisotopic (exact) mass is 209 g/mol. The van der Waals surface area contributed by atoms with Crippen molar-refractivity contribution in [2.24, 2.45) is 0 Å². The molecular weight excluding hydrogens is 194 g/mol. The Hall–Kier alpha value is -1.55. The van der Waals surface area contributed by atoms with Gasteiger partial charge in [0.05, 0.1) is 7.11 Å². The van der Waals surface area contributed by atoms with Crippen LogP contribution in [0.2, 0.25) is 0 Å². The van der Waals surface area contributed by atoms with E-state index in [1.165, 1.54) is 6.92 Å². The van der Waals surface area contributed by atoms with Crippen molar-refractivity contribution in [3.63, 3.8) is 0 Å². The first-order chi connectivity index (χ1) is 7.15. The van der Waals surface area contributed by atoms with Gasteiger partial charge in [0.2, 0.25) is 5.91 Å². The number of benzene rings is 1. The van der Waals surface area contributed by atoms with Gasteiger partial charge in [-0.05, 0) is 13.0 Å². The lowest BCUT2D eigenvalue weighted by atomic mass is 10.2. The molecule has 0 saturated carbocycles. The zero-order valence-electron chi connectivity index (χ0n) is 8.86. The van der Waals surface area contributed by atoms with Gasteiger partial charge in [-0.2, -0.15) is 0 Å². The summed E-state index contributed by atoms with van der Waals surface area (Å²) in [6, 6.07) is 7.41. The lowest BCUT2D eigenvalue weighted by molar-refractivity contribution is -0.128. The molecule has 0 aliphatic rings. The molecular formula is C11H15NO3. The van der Waals surface area contributed by atoms with E-state index >= 15 is 0 Å². The number of aliphatic hydroxyl groups is 1. The van der Waals surface area contributed by atoms with Crippen LogP contribution in [0, 0.1) is 0 Å². The second-order valence-corrected chi connectivity index (χ2v) is 3.21. The van der Waals surface area contributed by atoms with E-state index in [0.717, 1.165) is 11.3 Å². The normalized spacial score (nSPS) is 11.9. The number of amides is 1. The second-order valence-electron chi connectivity index (χ2n) is 3.21. The molecule has 15 heavy (non-hydrogen) atoms. The van der Waals surface area contributed by atoms with E-state index in [-0.39, 0.29) is 5.91 Å². The van der Waals surface area contributed by atoms with E-state index in [2.05, 4.69) is 5.32 Å².